The minimum atomic E-state index is -0.0830. The Bertz CT molecular complexity index is 557. The van der Waals surface area contributed by atoms with Crippen LogP contribution in [0.1, 0.15) is 42.6 Å². The van der Waals surface area contributed by atoms with Gasteiger partial charge in [-0.1, -0.05) is 0 Å². The third-order valence-electron chi connectivity index (χ3n) is 5.23. The summed E-state index contributed by atoms with van der Waals surface area (Å²) in [5.74, 6) is 0.283. The fourth-order valence-electron chi connectivity index (χ4n) is 3.95. The number of aromatic amines is 1. The van der Waals surface area contributed by atoms with Crippen molar-refractivity contribution < 1.29 is 14.3 Å². The van der Waals surface area contributed by atoms with Gasteiger partial charge < -0.3 is 19.5 Å². The van der Waals surface area contributed by atoms with Gasteiger partial charge in [-0.25, -0.2) is 0 Å². The molecule has 1 N–H and O–H groups in total. The molecule has 6 heteroatoms. The number of H-pyrrole nitrogens is 1. The van der Waals surface area contributed by atoms with E-state index in [1.54, 1.807) is 13.3 Å². The van der Waals surface area contributed by atoms with Crippen LogP contribution in [0.25, 0.3) is 0 Å². The Morgan fingerprint density at radius 3 is 2.96 bits per heavy atom. The van der Waals surface area contributed by atoms with Crippen molar-refractivity contribution in [1.29, 1.82) is 0 Å². The van der Waals surface area contributed by atoms with Crippen molar-refractivity contribution in [3.63, 3.8) is 0 Å². The second-order valence-corrected chi connectivity index (χ2v) is 6.49. The molecule has 2 aliphatic heterocycles. The van der Waals surface area contributed by atoms with Crippen LogP contribution in [0.3, 0.4) is 0 Å². The largest absolute Gasteiger partial charge is 0.383 e. The van der Waals surface area contributed by atoms with Crippen molar-refractivity contribution in [1.82, 2.24) is 14.8 Å². The highest BCUT2D eigenvalue weighted by Crippen LogP contribution is 2.39. The topological polar surface area (TPSA) is 65.6 Å². The maximum atomic E-state index is 12.5. The lowest BCUT2D eigenvalue weighted by atomic mass is 9.88. The van der Waals surface area contributed by atoms with Crippen LogP contribution < -0.4 is 0 Å². The van der Waals surface area contributed by atoms with E-state index in [1.807, 2.05) is 21.9 Å². The maximum absolute atomic E-state index is 12.5. The lowest BCUT2D eigenvalue weighted by Gasteiger charge is -2.38. The molecule has 0 saturated carbocycles. The molecular formula is C17H25N3O3. The number of aromatic nitrogens is 1. The van der Waals surface area contributed by atoms with Crippen molar-refractivity contribution in [3.8, 4) is 0 Å². The third-order valence-corrected chi connectivity index (χ3v) is 5.23. The number of nitrogens with one attached hydrogen (secondary N) is 1. The number of methoxy groups -OCH3 is 1. The van der Waals surface area contributed by atoms with Gasteiger partial charge in [-0.3, -0.25) is 9.59 Å². The summed E-state index contributed by atoms with van der Waals surface area (Å²) in [6.45, 7) is 2.68. The van der Waals surface area contributed by atoms with E-state index < -0.39 is 0 Å². The molecule has 2 fully saturated rings. The average Bonchev–Trinajstić information content (AvgIpc) is 3.12. The van der Waals surface area contributed by atoms with Gasteiger partial charge in [0.05, 0.1) is 6.61 Å². The Balaban J connectivity index is 1.70. The van der Waals surface area contributed by atoms with Crippen LogP contribution in [-0.2, 0) is 9.53 Å². The highest BCUT2D eigenvalue weighted by Gasteiger charge is 2.45. The molecule has 0 aliphatic carbocycles. The van der Waals surface area contributed by atoms with E-state index in [-0.39, 0.29) is 17.4 Å². The number of nitrogens with zero attached hydrogens (tertiary/aromatic N) is 2. The lowest BCUT2D eigenvalue weighted by Crippen LogP contribution is -2.48. The summed E-state index contributed by atoms with van der Waals surface area (Å²) in [5, 5.41) is 0. The number of rotatable bonds is 4. The Morgan fingerprint density at radius 1 is 1.35 bits per heavy atom. The highest BCUT2D eigenvalue weighted by molar-refractivity contribution is 5.92. The van der Waals surface area contributed by atoms with Crippen molar-refractivity contribution in [2.45, 2.75) is 37.6 Å². The monoisotopic (exact) mass is 319 g/mol. The molecule has 1 aromatic heterocycles. The van der Waals surface area contributed by atoms with Crippen LogP contribution in [0.15, 0.2) is 18.3 Å². The molecule has 3 heterocycles. The van der Waals surface area contributed by atoms with Gasteiger partial charge >= 0.3 is 0 Å². The zero-order valence-electron chi connectivity index (χ0n) is 13.7. The van der Waals surface area contributed by atoms with Gasteiger partial charge in [0.1, 0.15) is 5.69 Å². The molecule has 1 unspecified atom stereocenters. The third kappa shape index (κ3) is 3.13. The van der Waals surface area contributed by atoms with Gasteiger partial charge in [0.25, 0.3) is 5.91 Å². The molecule has 1 spiro atoms. The number of amides is 2. The fraction of sp³-hybridized carbons (Fsp3) is 0.647. The van der Waals surface area contributed by atoms with E-state index in [0.717, 1.165) is 32.2 Å². The Labute approximate surface area is 136 Å². The standard InChI is InChI=1S/C17H25N3O3/c1-23-13-12-20-15(21)5-7-17(20)6-3-10-19(11-8-17)16(22)14-4-2-9-18-14/h2,4,9,18H,3,5-8,10-13H2,1H3. The van der Waals surface area contributed by atoms with Crippen molar-refractivity contribution in [3.05, 3.63) is 24.0 Å². The van der Waals surface area contributed by atoms with E-state index in [2.05, 4.69) is 4.98 Å². The molecule has 1 atom stereocenters. The van der Waals surface area contributed by atoms with E-state index in [1.165, 1.54) is 0 Å². The predicted octanol–water partition coefficient (Wildman–Crippen LogP) is 1.65. The first-order valence-electron chi connectivity index (χ1n) is 8.38. The summed E-state index contributed by atoms with van der Waals surface area (Å²) in [6.07, 6.45) is 6.05. The number of hydrogen-bond acceptors (Lipinski definition) is 3. The molecule has 2 aliphatic rings. The van der Waals surface area contributed by atoms with Gasteiger partial charge in [-0.15, -0.1) is 0 Å². The first-order valence-corrected chi connectivity index (χ1v) is 8.38. The summed E-state index contributed by atoms with van der Waals surface area (Å²) in [4.78, 5) is 31.7. The number of ether oxygens (including phenoxy) is 1. The van der Waals surface area contributed by atoms with Gasteiger partial charge in [0.2, 0.25) is 5.91 Å². The lowest BCUT2D eigenvalue weighted by molar-refractivity contribution is -0.132. The van der Waals surface area contributed by atoms with Crippen LogP contribution in [-0.4, -0.2) is 65.5 Å². The molecule has 3 rings (SSSR count). The van der Waals surface area contributed by atoms with Gasteiger partial charge in [0, 0.05) is 44.9 Å². The van der Waals surface area contributed by atoms with Crippen LogP contribution in [0.4, 0.5) is 0 Å². The van der Waals surface area contributed by atoms with E-state index >= 15 is 0 Å². The summed E-state index contributed by atoms with van der Waals surface area (Å²) >= 11 is 0. The summed E-state index contributed by atoms with van der Waals surface area (Å²) in [7, 11) is 1.66. The Morgan fingerprint density at radius 2 is 2.22 bits per heavy atom. The molecule has 6 nitrogen and oxygen atoms in total. The first kappa shape index (κ1) is 16.1. The Kier molecular flexibility index (Phi) is 4.71. The normalized spacial score (nSPS) is 25.2. The van der Waals surface area contributed by atoms with Crippen molar-refractivity contribution >= 4 is 11.8 Å². The van der Waals surface area contributed by atoms with Crippen LogP contribution in [0.2, 0.25) is 0 Å². The average molecular weight is 319 g/mol. The summed E-state index contributed by atoms with van der Waals surface area (Å²) in [5.41, 5.74) is 0.556. The van der Waals surface area contributed by atoms with Crippen LogP contribution in [0, 0.1) is 0 Å². The second kappa shape index (κ2) is 6.74. The molecule has 23 heavy (non-hydrogen) atoms. The number of carbonyl (C=O) groups excluding carboxylic acids is 2. The molecule has 0 aromatic carbocycles. The van der Waals surface area contributed by atoms with E-state index in [4.69, 9.17) is 4.74 Å². The molecule has 0 bridgehead atoms. The zero-order chi connectivity index (χ0) is 16.3. The van der Waals surface area contributed by atoms with Crippen molar-refractivity contribution in [2.75, 3.05) is 33.4 Å². The highest BCUT2D eigenvalue weighted by atomic mass is 16.5. The van der Waals surface area contributed by atoms with Gasteiger partial charge in [-0.05, 0) is 37.8 Å². The smallest absolute Gasteiger partial charge is 0.270 e. The molecule has 126 valence electrons. The maximum Gasteiger partial charge on any atom is 0.270 e. The van der Waals surface area contributed by atoms with E-state index in [9.17, 15) is 9.59 Å². The predicted molar refractivity (Wildman–Crippen MR) is 86.1 cm³/mol. The molecule has 0 radical (unpaired) electrons. The fourth-order valence-corrected chi connectivity index (χ4v) is 3.95. The number of likely N-dealkylation sites (tertiary alicyclic amines) is 2. The summed E-state index contributed by atoms with van der Waals surface area (Å²) in [6, 6.07) is 3.65. The van der Waals surface area contributed by atoms with Gasteiger partial charge in [-0.2, -0.15) is 0 Å². The Hall–Kier alpha value is -1.82. The minimum absolute atomic E-state index is 0.0554. The van der Waals surface area contributed by atoms with Crippen molar-refractivity contribution in [2.24, 2.45) is 0 Å². The SMILES string of the molecule is COCCN1C(=O)CCC12CCCN(C(=O)c1ccc[nH]1)CC2. The molecular weight excluding hydrogens is 294 g/mol. The molecule has 2 saturated heterocycles. The zero-order valence-corrected chi connectivity index (χ0v) is 13.7. The summed E-state index contributed by atoms with van der Waals surface area (Å²) < 4.78 is 5.16. The number of carbonyl (C=O) groups is 2. The minimum Gasteiger partial charge on any atom is -0.383 e. The first-order chi connectivity index (χ1) is 11.2. The van der Waals surface area contributed by atoms with E-state index in [0.29, 0.717) is 31.8 Å². The van der Waals surface area contributed by atoms with Gasteiger partial charge in [0.15, 0.2) is 0 Å². The number of hydrogen-bond donors (Lipinski definition) is 1. The molecule has 2 amide bonds. The molecule has 1 aromatic rings. The van der Waals surface area contributed by atoms with Crippen LogP contribution >= 0.6 is 0 Å². The van der Waals surface area contributed by atoms with Crippen LogP contribution in [0.5, 0.6) is 0 Å². The quantitative estimate of drug-likeness (QED) is 0.917. The second-order valence-electron chi connectivity index (χ2n) is 6.49.